The van der Waals surface area contributed by atoms with E-state index in [9.17, 15) is 0 Å². The van der Waals surface area contributed by atoms with Crippen LogP contribution in [0.2, 0.25) is 0 Å². The largest absolute Gasteiger partial charge is 0.361 e. The van der Waals surface area contributed by atoms with E-state index in [0.29, 0.717) is 12.1 Å². The minimum absolute atomic E-state index is 0.211. The Bertz CT molecular complexity index is 130. The van der Waals surface area contributed by atoms with Gasteiger partial charge in [0.1, 0.15) is 6.23 Å². The fourth-order valence-corrected chi connectivity index (χ4v) is 2.05. The number of rotatable bonds is 4. The van der Waals surface area contributed by atoms with Gasteiger partial charge in [-0.15, -0.1) is 0 Å². The van der Waals surface area contributed by atoms with Crippen molar-refractivity contribution in [2.45, 2.75) is 71.2 Å². The maximum atomic E-state index is 5.64. The van der Waals surface area contributed by atoms with Gasteiger partial charge in [-0.3, -0.25) is 5.32 Å². The summed E-state index contributed by atoms with van der Waals surface area (Å²) in [6.45, 7) is 6.27. The molecule has 1 aliphatic rings. The first-order valence-electron chi connectivity index (χ1n) is 5.60. The lowest BCUT2D eigenvalue weighted by atomic mass is 9.95. The van der Waals surface area contributed by atoms with Crippen LogP contribution in [0.5, 0.6) is 0 Å². The molecule has 1 N–H and O–H groups in total. The topological polar surface area (TPSA) is 21.3 Å². The molecule has 0 heterocycles. The first-order valence-corrected chi connectivity index (χ1v) is 5.60. The molecule has 0 aromatic heterocycles. The van der Waals surface area contributed by atoms with Crippen LogP contribution in [0, 0.1) is 0 Å². The molecule has 0 spiro atoms. The maximum Gasteiger partial charge on any atom is 0.105 e. The Labute approximate surface area is 82.0 Å². The van der Waals surface area contributed by atoms with Gasteiger partial charge >= 0.3 is 0 Å². The Morgan fingerprint density at radius 2 is 1.69 bits per heavy atom. The van der Waals surface area contributed by atoms with Crippen LogP contribution in [-0.2, 0) is 4.74 Å². The van der Waals surface area contributed by atoms with Gasteiger partial charge in [0.2, 0.25) is 0 Å². The van der Waals surface area contributed by atoms with Gasteiger partial charge in [-0.2, -0.15) is 0 Å². The molecule has 0 bridgehead atoms. The molecule has 0 aromatic rings. The van der Waals surface area contributed by atoms with Gasteiger partial charge in [0.25, 0.3) is 0 Å². The van der Waals surface area contributed by atoms with Crippen molar-refractivity contribution in [2.75, 3.05) is 0 Å². The summed E-state index contributed by atoms with van der Waals surface area (Å²) in [7, 11) is 0. The highest BCUT2D eigenvalue weighted by atomic mass is 16.5. The van der Waals surface area contributed by atoms with Crippen molar-refractivity contribution in [1.29, 1.82) is 0 Å². The van der Waals surface area contributed by atoms with Gasteiger partial charge in [0.15, 0.2) is 0 Å². The first-order chi connectivity index (χ1) is 6.18. The van der Waals surface area contributed by atoms with Crippen molar-refractivity contribution in [1.82, 2.24) is 5.32 Å². The van der Waals surface area contributed by atoms with Gasteiger partial charge in [-0.25, -0.2) is 0 Å². The summed E-state index contributed by atoms with van der Waals surface area (Å²) in [5, 5.41) is 3.53. The average molecular weight is 185 g/mol. The van der Waals surface area contributed by atoms with E-state index in [4.69, 9.17) is 4.74 Å². The van der Waals surface area contributed by atoms with Crippen LogP contribution in [-0.4, -0.2) is 18.4 Å². The van der Waals surface area contributed by atoms with E-state index in [1.54, 1.807) is 0 Å². The lowest BCUT2D eigenvalue weighted by Gasteiger charge is -2.27. The van der Waals surface area contributed by atoms with E-state index in [2.05, 4.69) is 26.1 Å². The molecular formula is C11H23NO. The Hall–Kier alpha value is -0.0800. The highest BCUT2D eigenvalue weighted by Crippen LogP contribution is 2.17. The maximum absolute atomic E-state index is 5.64. The van der Waals surface area contributed by atoms with Gasteiger partial charge in [-0.1, -0.05) is 19.3 Å². The zero-order valence-electron chi connectivity index (χ0n) is 9.18. The van der Waals surface area contributed by atoms with Crippen molar-refractivity contribution >= 4 is 0 Å². The standard InChI is InChI=1S/C11H23NO/c1-9(2)13-10(3)12-11-7-5-4-6-8-11/h9-12H,4-8H2,1-3H3. The summed E-state index contributed by atoms with van der Waals surface area (Å²) >= 11 is 0. The Kier molecular flexibility index (Phi) is 4.74. The van der Waals surface area contributed by atoms with Crippen LogP contribution < -0.4 is 5.32 Å². The fraction of sp³-hybridized carbons (Fsp3) is 1.00. The Balaban J connectivity index is 2.14. The molecule has 1 fully saturated rings. The van der Waals surface area contributed by atoms with Gasteiger partial charge in [-0.05, 0) is 33.6 Å². The lowest BCUT2D eigenvalue weighted by molar-refractivity contribution is -0.00963. The summed E-state index contributed by atoms with van der Waals surface area (Å²) in [4.78, 5) is 0. The summed E-state index contributed by atoms with van der Waals surface area (Å²) in [6.07, 6.45) is 7.36. The van der Waals surface area contributed by atoms with Gasteiger partial charge in [0.05, 0.1) is 6.10 Å². The number of nitrogens with one attached hydrogen (secondary N) is 1. The molecule has 13 heavy (non-hydrogen) atoms. The molecule has 1 atom stereocenters. The molecule has 0 amide bonds. The van der Waals surface area contributed by atoms with Crippen LogP contribution in [0.15, 0.2) is 0 Å². The third kappa shape index (κ3) is 4.63. The van der Waals surface area contributed by atoms with E-state index in [0.717, 1.165) is 0 Å². The van der Waals surface area contributed by atoms with Crippen LogP contribution in [0.1, 0.15) is 52.9 Å². The van der Waals surface area contributed by atoms with Crippen LogP contribution in [0.4, 0.5) is 0 Å². The number of hydrogen-bond acceptors (Lipinski definition) is 2. The molecule has 2 heteroatoms. The van der Waals surface area contributed by atoms with E-state index in [-0.39, 0.29) is 6.23 Å². The van der Waals surface area contributed by atoms with Crippen molar-refractivity contribution in [3.8, 4) is 0 Å². The third-order valence-corrected chi connectivity index (χ3v) is 2.55. The molecular weight excluding hydrogens is 162 g/mol. The molecule has 1 unspecified atom stereocenters. The second kappa shape index (κ2) is 5.61. The minimum atomic E-state index is 0.211. The third-order valence-electron chi connectivity index (χ3n) is 2.55. The van der Waals surface area contributed by atoms with Crippen LogP contribution in [0.3, 0.4) is 0 Å². The zero-order valence-corrected chi connectivity index (χ0v) is 9.18. The molecule has 0 aromatic carbocycles. The van der Waals surface area contributed by atoms with E-state index < -0.39 is 0 Å². The molecule has 0 saturated heterocycles. The summed E-state index contributed by atoms with van der Waals surface area (Å²) in [6, 6.07) is 0.697. The molecule has 1 saturated carbocycles. The Morgan fingerprint density at radius 1 is 1.08 bits per heavy atom. The zero-order chi connectivity index (χ0) is 9.68. The summed E-state index contributed by atoms with van der Waals surface area (Å²) < 4.78 is 5.64. The number of hydrogen-bond donors (Lipinski definition) is 1. The molecule has 0 aliphatic heterocycles. The molecule has 2 nitrogen and oxygen atoms in total. The van der Waals surface area contributed by atoms with Crippen molar-refractivity contribution in [2.24, 2.45) is 0 Å². The van der Waals surface area contributed by atoms with E-state index >= 15 is 0 Å². The normalized spacial score (nSPS) is 22.2. The fourth-order valence-electron chi connectivity index (χ4n) is 2.05. The molecule has 0 radical (unpaired) electrons. The molecule has 1 aliphatic carbocycles. The molecule has 78 valence electrons. The van der Waals surface area contributed by atoms with E-state index in [1.165, 1.54) is 32.1 Å². The Morgan fingerprint density at radius 3 is 2.23 bits per heavy atom. The lowest BCUT2D eigenvalue weighted by Crippen LogP contribution is -2.40. The summed E-state index contributed by atoms with van der Waals surface area (Å²) in [5.74, 6) is 0. The quantitative estimate of drug-likeness (QED) is 0.680. The highest BCUT2D eigenvalue weighted by Gasteiger charge is 2.15. The van der Waals surface area contributed by atoms with Gasteiger partial charge < -0.3 is 4.74 Å². The average Bonchev–Trinajstić information content (AvgIpc) is 2.04. The number of ether oxygens (including phenoxy) is 1. The highest BCUT2D eigenvalue weighted by molar-refractivity contribution is 4.72. The second-order valence-electron chi connectivity index (χ2n) is 4.33. The molecule has 1 rings (SSSR count). The predicted octanol–water partition coefficient (Wildman–Crippen LogP) is 2.68. The van der Waals surface area contributed by atoms with Gasteiger partial charge in [0, 0.05) is 6.04 Å². The predicted molar refractivity (Wildman–Crippen MR) is 55.7 cm³/mol. The second-order valence-corrected chi connectivity index (χ2v) is 4.33. The van der Waals surface area contributed by atoms with Crippen molar-refractivity contribution in [3.05, 3.63) is 0 Å². The smallest absolute Gasteiger partial charge is 0.105 e. The van der Waals surface area contributed by atoms with E-state index in [1.807, 2.05) is 0 Å². The minimum Gasteiger partial charge on any atom is -0.361 e. The van der Waals surface area contributed by atoms with Crippen LogP contribution >= 0.6 is 0 Å². The monoisotopic (exact) mass is 185 g/mol. The van der Waals surface area contributed by atoms with Crippen LogP contribution in [0.25, 0.3) is 0 Å². The van der Waals surface area contributed by atoms with Crippen molar-refractivity contribution in [3.63, 3.8) is 0 Å². The summed E-state index contributed by atoms with van der Waals surface area (Å²) in [5.41, 5.74) is 0. The van der Waals surface area contributed by atoms with Crippen molar-refractivity contribution < 1.29 is 4.74 Å². The SMILES string of the molecule is CC(C)OC(C)NC1CCCCC1. The first kappa shape index (κ1) is 11.0.